The summed E-state index contributed by atoms with van der Waals surface area (Å²) in [7, 11) is -3.58. The fourth-order valence-electron chi connectivity index (χ4n) is 1.84. The maximum Gasteiger partial charge on any atom is 0.214 e. The number of benzene rings is 1. The van der Waals surface area contributed by atoms with Crippen LogP contribution in [0.3, 0.4) is 0 Å². The molecule has 114 valence electrons. The van der Waals surface area contributed by atoms with Crippen LogP contribution < -0.4 is 0 Å². The van der Waals surface area contributed by atoms with Gasteiger partial charge in [0.15, 0.2) is 0 Å². The zero-order valence-electron chi connectivity index (χ0n) is 11.9. The first-order chi connectivity index (χ1) is 9.24. The van der Waals surface area contributed by atoms with E-state index in [9.17, 15) is 17.9 Å². The number of alkyl halides is 1. The van der Waals surface area contributed by atoms with Crippen molar-refractivity contribution in [2.24, 2.45) is 0 Å². The highest BCUT2D eigenvalue weighted by Gasteiger charge is 2.27. The summed E-state index contributed by atoms with van der Waals surface area (Å²) in [5.41, 5.74) is -0.307. The lowest BCUT2D eigenvalue weighted by molar-refractivity contribution is 0.0577. The molecule has 0 aromatic heterocycles. The van der Waals surface area contributed by atoms with E-state index in [1.807, 2.05) is 30.3 Å². The molecule has 0 fully saturated rings. The van der Waals surface area contributed by atoms with Crippen LogP contribution in [0.4, 0.5) is 4.39 Å². The van der Waals surface area contributed by atoms with Crippen LogP contribution in [-0.4, -0.2) is 42.4 Å². The van der Waals surface area contributed by atoms with Gasteiger partial charge < -0.3 is 5.11 Å². The minimum atomic E-state index is -3.58. The average Bonchev–Trinajstić information content (AvgIpc) is 2.35. The van der Waals surface area contributed by atoms with Crippen molar-refractivity contribution < 1.29 is 17.9 Å². The third kappa shape index (κ3) is 5.98. The summed E-state index contributed by atoms with van der Waals surface area (Å²) in [6.45, 7) is 2.60. The van der Waals surface area contributed by atoms with Crippen molar-refractivity contribution in [3.8, 4) is 0 Å². The fourth-order valence-corrected chi connectivity index (χ4v) is 3.43. The van der Waals surface area contributed by atoms with E-state index in [1.165, 1.54) is 4.31 Å². The largest absolute Gasteiger partial charge is 0.389 e. The van der Waals surface area contributed by atoms with Crippen LogP contribution in [-0.2, 0) is 16.6 Å². The van der Waals surface area contributed by atoms with Crippen LogP contribution in [0.15, 0.2) is 30.3 Å². The van der Waals surface area contributed by atoms with E-state index in [0.29, 0.717) is 0 Å². The van der Waals surface area contributed by atoms with Gasteiger partial charge in [-0.3, -0.25) is 4.39 Å². The summed E-state index contributed by atoms with van der Waals surface area (Å²) < 4.78 is 37.9. The second-order valence-corrected chi connectivity index (χ2v) is 7.51. The molecule has 0 amide bonds. The highest BCUT2D eigenvalue weighted by atomic mass is 32.2. The molecule has 0 spiro atoms. The van der Waals surface area contributed by atoms with Crippen LogP contribution in [0.25, 0.3) is 0 Å². The Balaban J connectivity index is 2.91. The number of halogens is 1. The maximum absolute atomic E-state index is 12.2. The van der Waals surface area contributed by atoms with E-state index in [2.05, 4.69) is 0 Å². The molecule has 1 rings (SSSR count). The van der Waals surface area contributed by atoms with Crippen LogP contribution in [0.5, 0.6) is 0 Å². The highest BCUT2D eigenvalue weighted by Crippen LogP contribution is 2.15. The Labute approximate surface area is 120 Å². The molecule has 0 bridgehead atoms. The minimum absolute atomic E-state index is 0.0173. The van der Waals surface area contributed by atoms with Gasteiger partial charge in [-0.15, -0.1) is 0 Å². The zero-order valence-corrected chi connectivity index (χ0v) is 12.7. The van der Waals surface area contributed by atoms with Gasteiger partial charge in [0.2, 0.25) is 10.0 Å². The van der Waals surface area contributed by atoms with E-state index >= 15 is 0 Å². The van der Waals surface area contributed by atoms with Crippen molar-refractivity contribution in [2.75, 3.05) is 19.0 Å². The quantitative estimate of drug-likeness (QED) is 0.798. The van der Waals surface area contributed by atoms with Crippen LogP contribution in [0.2, 0.25) is 0 Å². The molecule has 6 heteroatoms. The molecule has 1 N–H and O–H groups in total. The molecular formula is C14H22FNO3S. The van der Waals surface area contributed by atoms with Gasteiger partial charge in [-0.25, -0.2) is 8.42 Å². The van der Waals surface area contributed by atoms with E-state index in [0.717, 1.165) is 5.56 Å². The van der Waals surface area contributed by atoms with Crippen molar-refractivity contribution in [1.82, 2.24) is 4.31 Å². The molecule has 1 aromatic rings. The minimum Gasteiger partial charge on any atom is -0.389 e. The summed E-state index contributed by atoms with van der Waals surface area (Å²) in [6.07, 6.45) is -0.0283. The van der Waals surface area contributed by atoms with E-state index in [1.54, 1.807) is 13.8 Å². The van der Waals surface area contributed by atoms with Gasteiger partial charge in [0, 0.05) is 13.1 Å². The number of rotatable bonds is 8. The van der Waals surface area contributed by atoms with E-state index in [-0.39, 0.29) is 25.3 Å². The monoisotopic (exact) mass is 303 g/mol. The Kier molecular flexibility index (Phi) is 6.10. The number of aliphatic hydroxyl groups is 1. The summed E-state index contributed by atoms with van der Waals surface area (Å²) >= 11 is 0. The van der Waals surface area contributed by atoms with Crippen molar-refractivity contribution in [3.05, 3.63) is 35.9 Å². The number of sulfonamides is 1. The zero-order chi connectivity index (χ0) is 15.2. The third-order valence-electron chi connectivity index (χ3n) is 2.69. The predicted octanol–water partition coefficient (Wildman–Crippen LogP) is 1.95. The molecule has 0 heterocycles. The van der Waals surface area contributed by atoms with Gasteiger partial charge in [-0.05, 0) is 25.8 Å². The van der Waals surface area contributed by atoms with Gasteiger partial charge in [-0.1, -0.05) is 30.3 Å². The molecule has 0 aliphatic rings. The van der Waals surface area contributed by atoms with Gasteiger partial charge in [0.05, 0.1) is 18.0 Å². The smallest absolute Gasteiger partial charge is 0.214 e. The average molecular weight is 303 g/mol. The summed E-state index contributed by atoms with van der Waals surface area (Å²) in [5.74, 6) is -0.244. The number of hydrogen-bond acceptors (Lipinski definition) is 3. The van der Waals surface area contributed by atoms with Gasteiger partial charge in [-0.2, -0.15) is 4.31 Å². The lowest BCUT2D eigenvalue weighted by Gasteiger charge is -2.28. The second-order valence-electron chi connectivity index (χ2n) is 5.42. The van der Waals surface area contributed by atoms with Crippen molar-refractivity contribution in [3.63, 3.8) is 0 Å². The predicted molar refractivity (Wildman–Crippen MR) is 77.5 cm³/mol. The molecule has 0 aliphatic carbocycles. The molecule has 0 unspecified atom stereocenters. The van der Waals surface area contributed by atoms with Crippen molar-refractivity contribution in [1.29, 1.82) is 0 Å². The lowest BCUT2D eigenvalue weighted by atomic mass is 10.1. The van der Waals surface area contributed by atoms with Gasteiger partial charge in [0.1, 0.15) is 0 Å². The molecule has 0 atom stereocenters. The van der Waals surface area contributed by atoms with E-state index in [4.69, 9.17) is 0 Å². The first-order valence-electron chi connectivity index (χ1n) is 6.55. The van der Waals surface area contributed by atoms with Crippen molar-refractivity contribution >= 4 is 10.0 Å². The Hall–Kier alpha value is -0.980. The maximum atomic E-state index is 12.2. The molecule has 0 saturated heterocycles. The highest BCUT2D eigenvalue weighted by molar-refractivity contribution is 7.89. The molecule has 4 nitrogen and oxygen atoms in total. The Morgan fingerprint density at radius 3 is 2.35 bits per heavy atom. The first kappa shape index (κ1) is 17.1. The third-order valence-corrected chi connectivity index (χ3v) is 4.54. The fraction of sp³-hybridized carbons (Fsp3) is 0.571. The van der Waals surface area contributed by atoms with Gasteiger partial charge in [0.25, 0.3) is 0 Å². The van der Waals surface area contributed by atoms with Crippen molar-refractivity contribution in [2.45, 2.75) is 32.4 Å². The van der Waals surface area contributed by atoms with E-state index < -0.39 is 22.3 Å². The van der Waals surface area contributed by atoms with Gasteiger partial charge >= 0.3 is 0 Å². The summed E-state index contributed by atoms with van der Waals surface area (Å²) in [4.78, 5) is 0. The lowest BCUT2D eigenvalue weighted by Crippen LogP contribution is -2.42. The second kappa shape index (κ2) is 7.15. The van der Waals surface area contributed by atoms with Crippen LogP contribution >= 0.6 is 0 Å². The Bertz CT molecular complexity index is 497. The molecule has 1 aromatic carbocycles. The van der Waals surface area contributed by atoms with Crippen LogP contribution in [0, 0.1) is 0 Å². The molecule has 0 radical (unpaired) electrons. The molecule has 20 heavy (non-hydrogen) atoms. The number of nitrogens with zero attached hydrogens (tertiary/aromatic N) is 1. The summed E-state index contributed by atoms with van der Waals surface area (Å²) in [5, 5.41) is 9.87. The summed E-state index contributed by atoms with van der Waals surface area (Å²) in [6, 6.07) is 9.14. The Morgan fingerprint density at radius 2 is 1.85 bits per heavy atom. The SMILES string of the molecule is CC(C)(O)CN(Cc1ccccc1)S(=O)(=O)CCCF. The molecular weight excluding hydrogens is 281 g/mol. The first-order valence-corrected chi connectivity index (χ1v) is 8.15. The standard InChI is InChI=1S/C14H22FNO3S/c1-14(2,17)12-16(20(18,19)10-6-9-15)11-13-7-4-3-5-8-13/h3-5,7-8,17H,6,9-12H2,1-2H3. The number of hydrogen-bond donors (Lipinski definition) is 1. The van der Waals surface area contributed by atoms with Crippen LogP contribution in [0.1, 0.15) is 25.8 Å². The topological polar surface area (TPSA) is 57.6 Å². The molecule has 0 saturated carbocycles. The Morgan fingerprint density at radius 1 is 1.25 bits per heavy atom. The molecule has 0 aliphatic heterocycles. The normalized spacial score (nSPS) is 12.8.